The molecule has 3 N–H and O–H groups in total. The number of nitrogens with zero attached hydrogens (tertiary/aromatic N) is 2. The van der Waals surface area contributed by atoms with Crippen LogP contribution in [-0.4, -0.2) is 5.96 Å². The summed E-state index contributed by atoms with van der Waals surface area (Å²) < 4.78 is 5.43. The van der Waals surface area contributed by atoms with E-state index >= 15 is 0 Å². The van der Waals surface area contributed by atoms with Gasteiger partial charge in [0.05, 0.1) is 5.69 Å². The molecule has 0 aliphatic rings. The topological polar surface area (TPSA) is 87.3 Å². The molecule has 5 nitrogen and oxygen atoms in total. The van der Waals surface area contributed by atoms with Gasteiger partial charge in [0.15, 0.2) is 6.19 Å². The molecular formula is C13H14N4O. The maximum atomic E-state index is 8.35. The average Bonchev–Trinajstić information content (AvgIpc) is 2.71. The van der Waals surface area contributed by atoms with E-state index in [1.165, 1.54) is 0 Å². The van der Waals surface area contributed by atoms with Crippen molar-refractivity contribution >= 4 is 22.6 Å². The van der Waals surface area contributed by atoms with Crippen LogP contribution >= 0.6 is 0 Å². The quantitative estimate of drug-likeness (QED) is 0.264. The van der Waals surface area contributed by atoms with Crippen LogP contribution in [0.25, 0.3) is 11.0 Å². The summed E-state index contributed by atoms with van der Waals surface area (Å²) >= 11 is 0. The smallest absolute Gasteiger partial charge is 0.207 e. The van der Waals surface area contributed by atoms with Gasteiger partial charge in [0.2, 0.25) is 5.96 Å². The van der Waals surface area contributed by atoms with Gasteiger partial charge in [-0.2, -0.15) is 5.26 Å². The number of nitrogens with one attached hydrogen (secondary N) is 1. The molecule has 0 radical (unpaired) electrons. The molecule has 0 amide bonds. The van der Waals surface area contributed by atoms with Crippen molar-refractivity contribution in [2.24, 2.45) is 10.7 Å². The maximum absolute atomic E-state index is 8.35. The molecule has 0 unspecified atom stereocenters. The van der Waals surface area contributed by atoms with Gasteiger partial charge in [-0.15, -0.1) is 13.2 Å². The molecule has 0 atom stereocenters. The van der Waals surface area contributed by atoms with Crippen molar-refractivity contribution in [3.63, 3.8) is 0 Å². The highest BCUT2D eigenvalue weighted by Crippen LogP contribution is 2.23. The zero-order valence-electron chi connectivity index (χ0n) is 10.1. The van der Waals surface area contributed by atoms with Gasteiger partial charge in [-0.3, -0.25) is 5.32 Å². The zero-order valence-corrected chi connectivity index (χ0v) is 10.1. The zero-order chi connectivity index (χ0) is 13.5. The van der Waals surface area contributed by atoms with Crippen molar-refractivity contribution in [2.45, 2.75) is 6.92 Å². The van der Waals surface area contributed by atoms with Crippen LogP contribution in [-0.2, 0) is 0 Å². The van der Waals surface area contributed by atoms with Crippen molar-refractivity contribution in [1.82, 2.24) is 5.32 Å². The fourth-order valence-corrected chi connectivity index (χ4v) is 1.46. The van der Waals surface area contributed by atoms with Crippen LogP contribution in [0.15, 0.2) is 46.8 Å². The number of hydrogen-bond donors (Lipinski definition) is 2. The van der Waals surface area contributed by atoms with Crippen LogP contribution < -0.4 is 11.1 Å². The van der Waals surface area contributed by atoms with Gasteiger partial charge >= 0.3 is 0 Å². The standard InChI is InChI=1S/C11H10N4O.C2H4/c1-7-4-8-5-9(2-3-10(8)16-7)15-11(13)14-6-12;1-2/h2-5H,1H3,(H3,13,14,15);1-2H2. The molecule has 1 heterocycles. The molecule has 5 heteroatoms. The lowest BCUT2D eigenvalue weighted by atomic mass is 10.2. The lowest BCUT2D eigenvalue weighted by molar-refractivity contribution is 0.578. The molecule has 1 aromatic heterocycles. The second-order valence-corrected chi connectivity index (χ2v) is 3.31. The summed E-state index contributed by atoms with van der Waals surface area (Å²) in [5.41, 5.74) is 6.94. The van der Waals surface area contributed by atoms with Gasteiger partial charge in [-0.1, -0.05) is 0 Å². The Morgan fingerprint density at radius 3 is 2.83 bits per heavy atom. The first-order valence-corrected chi connectivity index (χ1v) is 5.18. The summed E-state index contributed by atoms with van der Waals surface area (Å²) in [5, 5.41) is 11.6. The maximum Gasteiger partial charge on any atom is 0.207 e. The molecule has 1 aromatic carbocycles. The fourth-order valence-electron chi connectivity index (χ4n) is 1.46. The highest BCUT2D eigenvalue weighted by molar-refractivity contribution is 5.85. The first-order valence-electron chi connectivity index (χ1n) is 5.18. The largest absolute Gasteiger partial charge is 0.461 e. The number of aliphatic imine (C=N–C) groups is 1. The van der Waals surface area contributed by atoms with Crippen LogP contribution in [0.4, 0.5) is 5.69 Å². The number of guanidine groups is 1. The summed E-state index contributed by atoms with van der Waals surface area (Å²) in [6.45, 7) is 7.88. The number of rotatable bonds is 1. The number of fused-ring (bicyclic) bond motifs is 1. The summed E-state index contributed by atoms with van der Waals surface area (Å²) in [4.78, 5) is 4.03. The third-order valence-electron chi connectivity index (χ3n) is 2.06. The van der Waals surface area contributed by atoms with Crippen LogP contribution in [0.2, 0.25) is 0 Å². The molecule has 0 saturated heterocycles. The third-order valence-corrected chi connectivity index (χ3v) is 2.06. The van der Waals surface area contributed by atoms with Gasteiger partial charge < -0.3 is 10.2 Å². The molecule has 0 aliphatic heterocycles. The van der Waals surface area contributed by atoms with E-state index in [1.54, 1.807) is 12.3 Å². The minimum atomic E-state index is 0.0714. The van der Waals surface area contributed by atoms with Crippen molar-refractivity contribution in [2.75, 3.05) is 0 Å². The second kappa shape index (κ2) is 6.11. The molecule has 2 rings (SSSR count). The Kier molecular flexibility index (Phi) is 4.52. The third kappa shape index (κ3) is 3.12. The van der Waals surface area contributed by atoms with Gasteiger partial charge in [0.1, 0.15) is 11.3 Å². The number of nitrogens with two attached hydrogens (primary N) is 1. The minimum Gasteiger partial charge on any atom is -0.461 e. The molecular weight excluding hydrogens is 228 g/mol. The Hall–Kier alpha value is -2.74. The molecule has 0 spiro atoms. The molecule has 0 fully saturated rings. The van der Waals surface area contributed by atoms with Crippen molar-refractivity contribution < 1.29 is 4.42 Å². The van der Waals surface area contributed by atoms with Gasteiger partial charge in [0.25, 0.3) is 0 Å². The van der Waals surface area contributed by atoms with Gasteiger partial charge in [-0.25, -0.2) is 4.99 Å². The molecule has 92 valence electrons. The number of furan rings is 1. The van der Waals surface area contributed by atoms with Crippen molar-refractivity contribution in [1.29, 1.82) is 5.26 Å². The van der Waals surface area contributed by atoms with Crippen LogP contribution in [0, 0.1) is 18.4 Å². The Morgan fingerprint density at radius 2 is 2.17 bits per heavy atom. The summed E-state index contributed by atoms with van der Waals surface area (Å²) in [7, 11) is 0. The van der Waals surface area contributed by atoms with Gasteiger partial charge in [0, 0.05) is 5.39 Å². The molecule has 18 heavy (non-hydrogen) atoms. The van der Waals surface area contributed by atoms with E-state index in [-0.39, 0.29) is 5.96 Å². The normalized spacial score (nSPS) is 10.3. The SMILES string of the molecule is C=C.Cc1cc2cc(N=C(N)NC#N)ccc2o1. The monoisotopic (exact) mass is 242 g/mol. The fraction of sp³-hybridized carbons (Fsp3) is 0.0769. The van der Waals surface area contributed by atoms with E-state index in [1.807, 2.05) is 25.1 Å². The number of aryl methyl sites for hydroxylation is 1. The number of nitriles is 1. The Labute approximate surface area is 105 Å². The van der Waals surface area contributed by atoms with E-state index in [2.05, 4.69) is 23.5 Å². The highest BCUT2D eigenvalue weighted by atomic mass is 16.3. The summed E-state index contributed by atoms with van der Waals surface area (Å²) in [6.07, 6.45) is 1.70. The van der Waals surface area contributed by atoms with Crippen LogP contribution in [0.1, 0.15) is 5.76 Å². The average molecular weight is 242 g/mol. The van der Waals surface area contributed by atoms with E-state index in [4.69, 9.17) is 15.4 Å². The Morgan fingerprint density at radius 1 is 1.44 bits per heavy atom. The first-order chi connectivity index (χ1) is 8.69. The summed E-state index contributed by atoms with van der Waals surface area (Å²) in [5.74, 6) is 0.918. The van der Waals surface area contributed by atoms with Crippen molar-refractivity contribution in [3.8, 4) is 6.19 Å². The molecule has 0 aliphatic carbocycles. The minimum absolute atomic E-state index is 0.0714. The lowest BCUT2D eigenvalue weighted by Crippen LogP contribution is -2.26. The highest BCUT2D eigenvalue weighted by Gasteiger charge is 2.01. The first kappa shape index (κ1) is 13.3. The number of hydrogen-bond acceptors (Lipinski definition) is 3. The lowest BCUT2D eigenvalue weighted by Gasteiger charge is -1.96. The van der Waals surface area contributed by atoms with E-state index in [0.717, 1.165) is 16.7 Å². The van der Waals surface area contributed by atoms with Crippen molar-refractivity contribution in [3.05, 3.63) is 43.2 Å². The molecule has 0 saturated carbocycles. The van der Waals surface area contributed by atoms with E-state index < -0.39 is 0 Å². The molecule has 0 bridgehead atoms. The molecule has 2 aromatic rings. The van der Waals surface area contributed by atoms with Crippen LogP contribution in [0.3, 0.4) is 0 Å². The predicted molar refractivity (Wildman–Crippen MR) is 72.2 cm³/mol. The Bertz CT molecular complexity index is 607. The predicted octanol–water partition coefficient (Wildman–Crippen LogP) is 2.56. The summed E-state index contributed by atoms with van der Waals surface area (Å²) in [6, 6.07) is 7.36. The number of benzene rings is 1. The Balaban J connectivity index is 0.000000771. The second-order valence-electron chi connectivity index (χ2n) is 3.31. The van der Waals surface area contributed by atoms with E-state index in [0.29, 0.717) is 5.69 Å². The van der Waals surface area contributed by atoms with E-state index in [9.17, 15) is 0 Å². The van der Waals surface area contributed by atoms with Crippen LogP contribution in [0.5, 0.6) is 0 Å². The van der Waals surface area contributed by atoms with Gasteiger partial charge in [-0.05, 0) is 31.2 Å².